The zero-order valence-electron chi connectivity index (χ0n) is 10.6. The Kier molecular flexibility index (Phi) is 4.61. The van der Waals surface area contributed by atoms with Gasteiger partial charge >= 0.3 is 0 Å². The zero-order valence-corrected chi connectivity index (χ0v) is 12.2. The molecule has 0 spiro atoms. The van der Waals surface area contributed by atoms with E-state index in [-0.39, 0.29) is 0 Å². The predicted octanol–water partition coefficient (Wildman–Crippen LogP) is 1.87. The molecule has 20 heavy (non-hydrogen) atoms. The molecule has 0 fully saturated rings. The minimum absolute atomic E-state index is 0.343. The Balaban J connectivity index is 1.91. The molecule has 110 valence electrons. The van der Waals surface area contributed by atoms with Gasteiger partial charge in [0.05, 0.1) is 17.3 Å². The molecule has 2 aromatic rings. The predicted molar refractivity (Wildman–Crippen MR) is 74.2 cm³/mol. The lowest BCUT2D eigenvalue weighted by atomic mass is 10.3. The second kappa shape index (κ2) is 6.06. The molecule has 0 radical (unpaired) electrons. The molecule has 9 heteroatoms. The third-order valence-electron chi connectivity index (χ3n) is 2.43. The molecule has 0 unspecified atom stereocenters. The molecular formula is C11H13F2N3O2S2. The summed E-state index contributed by atoms with van der Waals surface area (Å²) in [5, 5.41) is 0.546. The zero-order chi connectivity index (χ0) is 14.8. The molecule has 1 heterocycles. The SMILES string of the molecule is CS(=O)(=O)NCCCSc1nc2cc(F)c(F)cc2[nH]1. The maximum absolute atomic E-state index is 13.0. The number of fused-ring (bicyclic) bond motifs is 1. The largest absolute Gasteiger partial charge is 0.333 e. The van der Waals surface area contributed by atoms with Gasteiger partial charge in [0.2, 0.25) is 10.0 Å². The number of hydrogen-bond acceptors (Lipinski definition) is 4. The molecule has 2 rings (SSSR count). The topological polar surface area (TPSA) is 74.8 Å². The van der Waals surface area contributed by atoms with Gasteiger partial charge in [0, 0.05) is 24.4 Å². The summed E-state index contributed by atoms with van der Waals surface area (Å²) in [6.45, 7) is 0.343. The van der Waals surface area contributed by atoms with Crippen molar-refractivity contribution in [3.63, 3.8) is 0 Å². The van der Waals surface area contributed by atoms with E-state index in [2.05, 4.69) is 14.7 Å². The van der Waals surface area contributed by atoms with Crippen LogP contribution in [0.3, 0.4) is 0 Å². The highest BCUT2D eigenvalue weighted by Gasteiger charge is 2.09. The number of hydrogen-bond donors (Lipinski definition) is 2. The van der Waals surface area contributed by atoms with Crippen molar-refractivity contribution >= 4 is 32.8 Å². The second-order valence-corrected chi connectivity index (χ2v) is 7.11. The molecule has 1 aromatic heterocycles. The maximum Gasteiger partial charge on any atom is 0.208 e. The van der Waals surface area contributed by atoms with Crippen LogP contribution >= 0.6 is 11.8 Å². The van der Waals surface area contributed by atoms with Crippen LogP contribution in [0.25, 0.3) is 11.0 Å². The molecule has 0 aliphatic rings. The van der Waals surface area contributed by atoms with E-state index < -0.39 is 21.7 Å². The van der Waals surface area contributed by atoms with E-state index in [0.717, 1.165) is 18.4 Å². The maximum atomic E-state index is 13.0. The summed E-state index contributed by atoms with van der Waals surface area (Å²) < 4.78 is 50.1. The van der Waals surface area contributed by atoms with Gasteiger partial charge in [-0.1, -0.05) is 11.8 Å². The van der Waals surface area contributed by atoms with Crippen LogP contribution in [0.4, 0.5) is 8.78 Å². The summed E-state index contributed by atoms with van der Waals surface area (Å²) in [5.74, 6) is -1.22. The first kappa shape index (κ1) is 15.2. The number of nitrogens with zero attached hydrogens (tertiary/aromatic N) is 1. The van der Waals surface area contributed by atoms with Crippen LogP contribution in [0.1, 0.15) is 6.42 Å². The second-order valence-electron chi connectivity index (χ2n) is 4.19. The van der Waals surface area contributed by atoms with Gasteiger partial charge in [-0.2, -0.15) is 0 Å². The first-order chi connectivity index (χ1) is 9.35. The van der Waals surface area contributed by atoms with E-state index in [4.69, 9.17) is 0 Å². The lowest BCUT2D eigenvalue weighted by molar-refractivity contribution is 0.510. The molecule has 0 atom stereocenters. The fraction of sp³-hybridized carbons (Fsp3) is 0.364. The Labute approximate surface area is 119 Å². The van der Waals surface area contributed by atoms with Crippen molar-refractivity contribution in [3.05, 3.63) is 23.8 Å². The van der Waals surface area contributed by atoms with E-state index in [9.17, 15) is 17.2 Å². The highest BCUT2D eigenvalue weighted by Crippen LogP contribution is 2.21. The number of thioether (sulfide) groups is 1. The summed E-state index contributed by atoms with van der Waals surface area (Å²) in [4.78, 5) is 7.00. The average Bonchev–Trinajstić information content (AvgIpc) is 2.69. The Morgan fingerprint density at radius 3 is 2.75 bits per heavy atom. The molecular weight excluding hydrogens is 308 g/mol. The van der Waals surface area contributed by atoms with Crippen molar-refractivity contribution in [3.8, 4) is 0 Å². The first-order valence-electron chi connectivity index (χ1n) is 5.77. The minimum Gasteiger partial charge on any atom is -0.333 e. The third-order valence-corrected chi connectivity index (χ3v) is 4.11. The van der Waals surface area contributed by atoms with Crippen LogP contribution in [0.5, 0.6) is 0 Å². The summed E-state index contributed by atoms with van der Waals surface area (Å²) in [5.41, 5.74) is 0.793. The quantitative estimate of drug-likeness (QED) is 0.629. The van der Waals surface area contributed by atoms with Gasteiger partial charge in [-0.3, -0.25) is 0 Å². The highest BCUT2D eigenvalue weighted by atomic mass is 32.2. The Morgan fingerprint density at radius 2 is 2.05 bits per heavy atom. The molecule has 1 aromatic carbocycles. The Morgan fingerprint density at radius 1 is 1.35 bits per heavy atom. The molecule has 0 aliphatic heterocycles. The number of sulfonamides is 1. The van der Waals surface area contributed by atoms with Gasteiger partial charge in [-0.05, 0) is 6.42 Å². The summed E-state index contributed by atoms with van der Waals surface area (Å²) in [7, 11) is -3.17. The number of rotatable bonds is 6. The van der Waals surface area contributed by atoms with Crippen LogP contribution in [0, 0.1) is 11.6 Å². The van der Waals surface area contributed by atoms with Crippen molar-refractivity contribution in [1.29, 1.82) is 0 Å². The van der Waals surface area contributed by atoms with E-state index >= 15 is 0 Å². The third kappa shape index (κ3) is 4.15. The van der Waals surface area contributed by atoms with Crippen LogP contribution in [0.15, 0.2) is 17.3 Å². The number of aromatic amines is 1. The standard InChI is InChI=1S/C11H13F2N3O2S2/c1-20(17,18)14-3-2-4-19-11-15-9-5-7(12)8(13)6-10(9)16-11/h5-6,14H,2-4H2,1H3,(H,15,16). The summed E-state index contributed by atoms with van der Waals surface area (Å²) >= 11 is 1.36. The van der Waals surface area contributed by atoms with E-state index in [1.807, 2.05) is 0 Å². The van der Waals surface area contributed by atoms with E-state index in [1.54, 1.807) is 0 Å². The molecule has 0 saturated carbocycles. The van der Waals surface area contributed by atoms with Crippen molar-refractivity contribution < 1.29 is 17.2 Å². The molecule has 0 saturated heterocycles. The van der Waals surface area contributed by atoms with Gasteiger partial charge in [-0.15, -0.1) is 0 Å². The number of benzene rings is 1. The van der Waals surface area contributed by atoms with Crippen LogP contribution in [-0.4, -0.2) is 36.9 Å². The lowest BCUT2D eigenvalue weighted by Gasteiger charge is -2.00. The van der Waals surface area contributed by atoms with Gasteiger partial charge in [0.1, 0.15) is 0 Å². The van der Waals surface area contributed by atoms with Gasteiger partial charge in [0.15, 0.2) is 16.8 Å². The first-order valence-corrected chi connectivity index (χ1v) is 8.65. The number of imidazole rings is 1. The number of H-pyrrole nitrogens is 1. The molecule has 0 aliphatic carbocycles. The number of aromatic nitrogens is 2. The van der Waals surface area contributed by atoms with Gasteiger partial charge in [0.25, 0.3) is 0 Å². The summed E-state index contributed by atoms with van der Waals surface area (Å²) in [6.07, 6.45) is 1.72. The number of nitrogens with one attached hydrogen (secondary N) is 2. The van der Waals surface area contributed by atoms with Crippen LogP contribution in [0.2, 0.25) is 0 Å². The minimum atomic E-state index is -3.17. The molecule has 2 N–H and O–H groups in total. The summed E-state index contributed by atoms with van der Waals surface area (Å²) in [6, 6.07) is 2.10. The van der Waals surface area contributed by atoms with Crippen LogP contribution in [-0.2, 0) is 10.0 Å². The van der Waals surface area contributed by atoms with Crippen LogP contribution < -0.4 is 4.72 Å². The average molecular weight is 321 g/mol. The van der Waals surface area contributed by atoms with E-state index in [1.165, 1.54) is 11.8 Å². The van der Waals surface area contributed by atoms with Crippen molar-refractivity contribution in [2.45, 2.75) is 11.6 Å². The van der Waals surface area contributed by atoms with Gasteiger partial charge < -0.3 is 4.98 Å². The van der Waals surface area contributed by atoms with Crippen molar-refractivity contribution in [2.75, 3.05) is 18.6 Å². The fourth-order valence-electron chi connectivity index (χ4n) is 1.55. The molecule has 0 bridgehead atoms. The fourth-order valence-corrected chi connectivity index (χ4v) is 2.89. The van der Waals surface area contributed by atoms with Crippen molar-refractivity contribution in [1.82, 2.24) is 14.7 Å². The smallest absolute Gasteiger partial charge is 0.208 e. The van der Waals surface area contributed by atoms with Gasteiger partial charge in [-0.25, -0.2) is 26.9 Å². The van der Waals surface area contributed by atoms with E-state index in [0.29, 0.717) is 34.9 Å². The molecule has 5 nitrogen and oxygen atoms in total. The molecule has 0 amide bonds. The lowest BCUT2D eigenvalue weighted by Crippen LogP contribution is -2.23. The monoisotopic (exact) mass is 321 g/mol. The number of halogens is 2. The Bertz CT molecular complexity index is 677. The Hall–Kier alpha value is -1.19. The highest BCUT2D eigenvalue weighted by molar-refractivity contribution is 7.99. The normalized spacial score (nSPS) is 12.2. The van der Waals surface area contributed by atoms with Crippen molar-refractivity contribution in [2.24, 2.45) is 0 Å².